The summed E-state index contributed by atoms with van der Waals surface area (Å²) < 4.78 is 6.21. The van der Waals surface area contributed by atoms with E-state index in [2.05, 4.69) is 103 Å². The highest BCUT2D eigenvalue weighted by Crippen LogP contribution is 2.41. The predicted molar refractivity (Wildman–Crippen MR) is 115 cm³/mol. The molecule has 0 amide bonds. The lowest BCUT2D eigenvalue weighted by molar-refractivity contribution is -0.0192. The van der Waals surface area contributed by atoms with Crippen molar-refractivity contribution in [1.82, 2.24) is 4.90 Å². The second-order valence-electron chi connectivity index (χ2n) is 7.75. The zero-order valence-electron chi connectivity index (χ0n) is 16.6. The highest BCUT2D eigenvalue weighted by atomic mass is 16.5. The molecule has 2 nitrogen and oxygen atoms in total. The topological polar surface area (TPSA) is 12.5 Å². The van der Waals surface area contributed by atoms with E-state index in [1.807, 2.05) is 0 Å². The largest absolute Gasteiger partial charge is 0.377 e. The average molecular weight is 372 g/mol. The molecule has 0 spiro atoms. The van der Waals surface area contributed by atoms with Crippen molar-refractivity contribution in [2.45, 2.75) is 31.4 Å². The van der Waals surface area contributed by atoms with Crippen LogP contribution in [0, 0.1) is 0 Å². The highest BCUT2D eigenvalue weighted by Gasteiger charge is 2.42. The van der Waals surface area contributed by atoms with Gasteiger partial charge in [0.1, 0.15) is 0 Å². The second-order valence-corrected chi connectivity index (χ2v) is 7.75. The summed E-state index contributed by atoms with van der Waals surface area (Å²) in [5.41, 5.74) is 4.05. The number of likely N-dealkylation sites (tertiary alicyclic amines) is 1. The van der Waals surface area contributed by atoms with Crippen molar-refractivity contribution in [2.24, 2.45) is 0 Å². The minimum Gasteiger partial charge on any atom is -0.377 e. The molecule has 1 unspecified atom stereocenters. The Bertz CT molecular complexity index is 808. The molecule has 2 heteroatoms. The number of nitrogens with zero attached hydrogens (tertiary/aromatic N) is 1. The van der Waals surface area contributed by atoms with Crippen LogP contribution in [0.25, 0.3) is 0 Å². The minimum atomic E-state index is -0.0601. The maximum Gasteiger partial charge on any atom is 0.0714 e. The summed E-state index contributed by atoms with van der Waals surface area (Å²) in [5.74, 6) is 0. The summed E-state index contributed by atoms with van der Waals surface area (Å²) >= 11 is 0. The molecule has 3 aromatic rings. The first-order valence-electron chi connectivity index (χ1n) is 10.3. The van der Waals surface area contributed by atoms with Crippen molar-refractivity contribution < 1.29 is 4.74 Å². The third-order valence-electron chi connectivity index (χ3n) is 5.84. The van der Waals surface area contributed by atoms with E-state index in [1.165, 1.54) is 16.7 Å². The van der Waals surface area contributed by atoms with Crippen molar-refractivity contribution in [3.05, 3.63) is 108 Å². The van der Waals surface area contributed by atoms with E-state index < -0.39 is 0 Å². The average Bonchev–Trinajstić information content (AvgIpc) is 2.76. The Hall–Kier alpha value is -2.42. The molecule has 1 atom stereocenters. The first-order chi connectivity index (χ1) is 13.8. The quantitative estimate of drug-likeness (QED) is 0.584. The van der Waals surface area contributed by atoms with Crippen LogP contribution in [0.15, 0.2) is 91.0 Å². The maximum atomic E-state index is 6.21. The predicted octanol–water partition coefficient (Wildman–Crippen LogP) is 5.28. The lowest BCUT2D eigenvalue weighted by Gasteiger charge is -2.47. The Morgan fingerprint density at radius 1 is 0.821 bits per heavy atom. The van der Waals surface area contributed by atoms with Gasteiger partial charge in [-0.3, -0.25) is 4.90 Å². The Kier molecular flexibility index (Phi) is 5.90. The van der Waals surface area contributed by atoms with Crippen molar-refractivity contribution in [3.63, 3.8) is 0 Å². The molecule has 0 bridgehead atoms. The van der Waals surface area contributed by atoms with Crippen LogP contribution >= 0.6 is 0 Å². The number of benzene rings is 3. The summed E-state index contributed by atoms with van der Waals surface area (Å²) in [7, 11) is 0. The molecule has 28 heavy (non-hydrogen) atoms. The summed E-state index contributed by atoms with van der Waals surface area (Å²) in [5, 5.41) is 0. The van der Waals surface area contributed by atoms with Crippen LogP contribution in [0.2, 0.25) is 0 Å². The minimum absolute atomic E-state index is 0.0601. The third-order valence-corrected chi connectivity index (χ3v) is 5.84. The van der Waals surface area contributed by atoms with Gasteiger partial charge in [0.25, 0.3) is 0 Å². The van der Waals surface area contributed by atoms with Crippen LogP contribution in [0.3, 0.4) is 0 Å². The van der Waals surface area contributed by atoms with Gasteiger partial charge in [-0.25, -0.2) is 0 Å². The van der Waals surface area contributed by atoms with Crippen LogP contribution in [-0.4, -0.2) is 30.7 Å². The molecule has 1 aliphatic rings. The number of hydrogen-bond acceptors (Lipinski definition) is 2. The fourth-order valence-corrected chi connectivity index (χ4v) is 4.66. The monoisotopic (exact) mass is 371 g/mol. The van der Waals surface area contributed by atoms with E-state index in [0.29, 0.717) is 0 Å². The fraction of sp³-hybridized carbons (Fsp3) is 0.308. The van der Waals surface area contributed by atoms with E-state index >= 15 is 0 Å². The van der Waals surface area contributed by atoms with E-state index in [0.717, 1.165) is 32.7 Å². The molecule has 0 aliphatic carbocycles. The van der Waals surface area contributed by atoms with Crippen LogP contribution in [0.4, 0.5) is 0 Å². The molecule has 1 heterocycles. The first-order valence-corrected chi connectivity index (χ1v) is 10.3. The SMILES string of the molecule is CCOC1CN(Cc2ccccc2)CC(c2ccccc2)(c2ccccc2)C1. The number of piperidine rings is 1. The second kappa shape index (κ2) is 8.72. The van der Waals surface area contributed by atoms with Gasteiger partial charge in [-0.1, -0.05) is 91.0 Å². The molecule has 4 rings (SSSR count). The van der Waals surface area contributed by atoms with Crippen molar-refractivity contribution >= 4 is 0 Å². The zero-order valence-corrected chi connectivity index (χ0v) is 16.6. The van der Waals surface area contributed by atoms with Crippen molar-refractivity contribution in [2.75, 3.05) is 19.7 Å². The molecular weight excluding hydrogens is 342 g/mol. The van der Waals surface area contributed by atoms with E-state index in [1.54, 1.807) is 0 Å². The molecular formula is C26H29NO. The smallest absolute Gasteiger partial charge is 0.0714 e. The van der Waals surface area contributed by atoms with Crippen LogP contribution in [0.5, 0.6) is 0 Å². The number of hydrogen-bond donors (Lipinski definition) is 0. The lowest BCUT2D eigenvalue weighted by atomic mass is 9.68. The summed E-state index contributed by atoms with van der Waals surface area (Å²) in [6, 6.07) is 32.7. The Morgan fingerprint density at radius 2 is 1.36 bits per heavy atom. The van der Waals surface area contributed by atoms with E-state index in [-0.39, 0.29) is 11.5 Å². The van der Waals surface area contributed by atoms with Gasteiger partial charge in [-0.15, -0.1) is 0 Å². The van der Waals surface area contributed by atoms with Gasteiger partial charge >= 0.3 is 0 Å². The standard InChI is InChI=1S/C26H29NO/c1-2-28-25-18-26(23-14-8-4-9-15-23,24-16-10-5-11-17-24)21-27(20-25)19-22-12-6-3-7-13-22/h3-17,25H,2,18-21H2,1H3. The Balaban J connectivity index is 1.74. The molecule has 1 fully saturated rings. The maximum absolute atomic E-state index is 6.21. The van der Waals surface area contributed by atoms with Crippen molar-refractivity contribution in [3.8, 4) is 0 Å². The summed E-state index contributed by atoms with van der Waals surface area (Å²) in [6.45, 7) is 5.78. The summed E-state index contributed by atoms with van der Waals surface area (Å²) in [4.78, 5) is 2.57. The Morgan fingerprint density at radius 3 is 1.89 bits per heavy atom. The van der Waals surface area contributed by atoms with Gasteiger partial charge in [-0.2, -0.15) is 0 Å². The van der Waals surface area contributed by atoms with Gasteiger partial charge in [0.2, 0.25) is 0 Å². The molecule has 3 aromatic carbocycles. The number of ether oxygens (including phenoxy) is 1. The molecule has 1 aliphatic heterocycles. The molecule has 144 valence electrons. The third kappa shape index (κ3) is 4.04. The van der Waals surface area contributed by atoms with Gasteiger partial charge < -0.3 is 4.74 Å². The lowest BCUT2D eigenvalue weighted by Crippen LogP contribution is -2.52. The van der Waals surface area contributed by atoms with E-state index in [9.17, 15) is 0 Å². The van der Waals surface area contributed by atoms with Crippen molar-refractivity contribution in [1.29, 1.82) is 0 Å². The molecule has 0 aromatic heterocycles. The van der Waals surface area contributed by atoms with Gasteiger partial charge in [0, 0.05) is 31.7 Å². The fourth-order valence-electron chi connectivity index (χ4n) is 4.66. The van der Waals surface area contributed by atoms with Crippen LogP contribution < -0.4 is 0 Å². The van der Waals surface area contributed by atoms with Gasteiger partial charge in [0.15, 0.2) is 0 Å². The Labute approximate surface area is 168 Å². The highest BCUT2D eigenvalue weighted by molar-refractivity contribution is 5.41. The summed E-state index contributed by atoms with van der Waals surface area (Å²) in [6.07, 6.45) is 1.24. The number of rotatable bonds is 6. The zero-order chi connectivity index (χ0) is 19.2. The van der Waals surface area contributed by atoms with Gasteiger partial charge in [0.05, 0.1) is 6.10 Å². The normalized spacial score (nSPS) is 19.4. The van der Waals surface area contributed by atoms with E-state index in [4.69, 9.17) is 4.74 Å². The van der Waals surface area contributed by atoms with Gasteiger partial charge in [-0.05, 0) is 30.0 Å². The first kappa shape index (κ1) is 18.9. The molecule has 0 saturated carbocycles. The van der Waals surface area contributed by atoms with Crippen LogP contribution in [-0.2, 0) is 16.7 Å². The molecule has 0 radical (unpaired) electrons. The van der Waals surface area contributed by atoms with Crippen LogP contribution in [0.1, 0.15) is 30.0 Å². The molecule has 1 saturated heterocycles. The molecule has 0 N–H and O–H groups in total.